The smallest absolute Gasteiger partial charge is 0.0606 e. The Kier molecular flexibility index (Phi) is 3.73. The Morgan fingerprint density at radius 3 is 1.83 bits per heavy atom. The maximum Gasteiger partial charge on any atom is 0.0606 e. The standard InChI is InChI=1S/C10H23NO/c1-8(7-10(5,6)12)11-9(2,3)4/h8,11-12H,7H2,1-6H3. The van der Waals surface area contributed by atoms with E-state index < -0.39 is 5.60 Å². The van der Waals surface area contributed by atoms with Crippen molar-refractivity contribution in [2.75, 3.05) is 0 Å². The van der Waals surface area contributed by atoms with Gasteiger partial charge >= 0.3 is 0 Å². The molecule has 0 aromatic carbocycles. The predicted octanol–water partition coefficient (Wildman–Crippen LogP) is 1.92. The molecule has 0 aliphatic carbocycles. The molecule has 0 amide bonds. The molecule has 0 aliphatic heterocycles. The lowest BCUT2D eigenvalue weighted by atomic mass is 9.98. The van der Waals surface area contributed by atoms with Crippen LogP contribution in [0.1, 0.15) is 48.0 Å². The molecule has 74 valence electrons. The minimum Gasteiger partial charge on any atom is -0.390 e. The lowest BCUT2D eigenvalue weighted by molar-refractivity contribution is 0.0582. The molecule has 2 heteroatoms. The monoisotopic (exact) mass is 173 g/mol. The molecule has 0 spiro atoms. The van der Waals surface area contributed by atoms with Gasteiger partial charge in [0.2, 0.25) is 0 Å². The van der Waals surface area contributed by atoms with E-state index in [-0.39, 0.29) is 5.54 Å². The highest BCUT2D eigenvalue weighted by molar-refractivity contribution is 4.79. The number of hydrogen-bond acceptors (Lipinski definition) is 2. The van der Waals surface area contributed by atoms with Crippen LogP contribution in [-0.4, -0.2) is 22.3 Å². The van der Waals surface area contributed by atoms with Crippen LogP contribution in [0, 0.1) is 0 Å². The van der Waals surface area contributed by atoms with Gasteiger partial charge in [-0.1, -0.05) is 0 Å². The van der Waals surface area contributed by atoms with Crippen molar-refractivity contribution in [3.05, 3.63) is 0 Å². The third kappa shape index (κ3) is 8.02. The molecule has 0 aliphatic rings. The minimum absolute atomic E-state index is 0.130. The van der Waals surface area contributed by atoms with Crippen LogP contribution in [0.4, 0.5) is 0 Å². The molecule has 2 nitrogen and oxygen atoms in total. The van der Waals surface area contributed by atoms with E-state index in [1.165, 1.54) is 0 Å². The zero-order valence-corrected chi connectivity index (χ0v) is 9.23. The van der Waals surface area contributed by atoms with E-state index in [0.29, 0.717) is 6.04 Å². The van der Waals surface area contributed by atoms with Crippen molar-refractivity contribution < 1.29 is 5.11 Å². The predicted molar refractivity (Wildman–Crippen MR) is 53.3 cm³/mol. The van der Waals surface area contributed by atoms with E-state index in [1.54, 1.807) is 0 Å². The Labute approximate surface area is 76.4 Å². The van der Waals surface area contributed by atoms with Crippen LogP contribution in [0.3, 0.4) is 0 Å². The Morgan fingerprint density at radius 1 is 1.17 bits per heavy atom. The average Bonchev–Trinajstić information content (AvgIpc) is 1.49. The Hall–Kier alpha value is -0.0800. The molecule has 0 saturated carbocycles. The number of hydrogen-bond donors (Lipinski definition) is 2. The lowest BCUT2D eigenvalue weighted by Gasteiger charge is -2.29. The first-order chi connectivity index (χ1) is 5.10. The van der Waals surface area contributed by atoms with Gasteiger partial charge in [-0.25, -0.2) is 0 Å². The summed E-state index contributed by atoms with van der Waals surface area (Å²) in [6.07, 6.45) is 0.782. The zero-order valence-electron chi connectivity index (χ0n) is 9.23. The molecule has 1 atom stereocenters. The van der Waals surface area contributed by atoms with Gasteiger partial charge in [-0.2, -0.15) is 0 Å². The Balaban J connectivity index is 3.83. The summed E-state index contributed by atoms with van der Waals surface area (Å²) in [5.74, 6) is 0. The van der Waals surface area contributed by atoms with Gasteiger partial charge in [0.15, 0.2) is 0 Å². The summed E-state index contributed by atoms with van der Waals surface area (Å²) in [5.41, 5.74) is -0.442. The van der Waals surface area contributed by atoms with E-state index in [1.807, 2.05) is 13.8 Å². The lowest BCUT2D eigenvalue weighted by Crippen LogP contribution is -2.44. The molecule has 0 fully saturated rings. The maximum absolute atomic E-state index is 9.54. The molecule has 0 aromatic heterocycles. The van der Waals surface area contributed by atoms with Crippen molar-refractivity contribution in [1.82, 2.24) is 5.32 Å². The third-order valence-corrected chi connectivity index (χ3v) is 1.49. The van der Waals surface area contributed by atoms with Gasteiger partial charge in [-0.3, -0.25) is 0 Å². The quantitative estimate of drug-likeness (QED) is 0.683. The van der Waals surface area contributed by atoms with Crippen molar-refractivity contribution >= 4 is 0 Å². The second-order valence-corrected chi connectivity index (χ2v) is 5.31. The highest BCUT2D eigenvalue weighted by atomic mass is 16.3. The van der Waals surface area contributed by atoms with Crippen molar-refractivity contribution in [3.8, 4) is 0 Å². The van der Waals surface area contributed by atoms with Crippen LogP contribution in [0.5, 0.6) is 0 Å². The Bertz CT molecular complexity index is 114. The van der Waals surface area contributed by atoms with Gasteiger partial charge in [0, 0.05) is 11.6 Å². The number of rotatable bonds is 3. The summed E-state index contributed by atoms with van der Waals surface area (Å²) in [6, 6.07) is 0.352. The van der Waals surface area contributed by atoms with Gasteiger partial charge in [0.05, 0.1) is 5.60 Å². The second-order valence-electron chi connectivity index (χ2n) is 5.31. The number of aliphatic hydroxyl groups is 1. The topological polar surface area (TPSA) is 32.3 Å². The van der Waals surface area contributed by atoms with Crippen LogP contribution in [0.25, 0.3) is 0 Å². The number of nitrogens with one attached hydrogen (secondary N) is 1. The van der Waals surface area contributed by atoms with Gasteiger partial charge < -0.3 is 10.4 Å². The molecule has 0 aromatic rings. The van der Waals surface area contributed by atoms with Crippen molar-refractivity contribution in [2.45, 2.75) is 65.1 Å². The molecule has 0 heterocycles. The summed E-state index contributed by atoms with van der Waals surface area (Å²) in [5, 5.41) is 13.0. The van der Waals surface area contributed by atoms with Crippen LogP contribution >= 0.6 is 0 Å². The van der Waals surface area contributed by atoms with Gasteiger partial charge in [0.25, 0.3) is 0 Å². The van der Waals surface area contributed by atoms with Crippen molar-refractivity contribution in [3.63, 3.8) is 0 Å². The highest BCUT2D eigenvalue weighted by Gasteiger charge is 2.20. The molecular weight excluding hydrogens is 150 g/mol. The van der Waals surface area contributed by atoms with Crippen LogP contribution in [0.2, 0.25) is 0 Å². The fourth-order valence-electron chi connectivity index (χ4n) is 1.54. The fraction of sp³-hybridized carbons (Fsp3) is 1.00. The van der Waals surface area contributed by atoms with Crippen LogP contribution < -0.4 is 5.32 Å². The van der Waals surface area contributed by atoms with E-state index in [9.17, 15) is 5.11 Å². The molecular formula is C10H23NO. The SMILES string of the molecule is CC(CC(C)(C)O)NC(C)(C)C. The summed E-state index contributed by atoms with van der Waals surface area (Å²) in [4.78, 5) is 0. The molecule has 0 radical (unpaired) electrons. The van der Waals surface area contributed by atoms with E-state index in [0.717, 1.165) is 6.42 Å². The van der Waals surface area contributed by atoms with Gasteiger partial charge in [0.1, 0.15) is 0 Å². The third-order valence-electron chi connectivity index (χ3n) is 1.49. The molecule has 0 saturated heterocycles. The van der Waals surface area contributed by atoms with Crippen molar-refractivity contribution in [2.24, 2.45) is 0 Å². The second kappa shape index (κ2) is 3.75. The van der Waals surface area contributed by atoms with E-state index >= 15 is 0 Å². The molecule has 0 rings (SSSR count). The molecule has 1 unspecified atom stereocenters. The normalized spacial score (nSPS) is 16.2. The van der Waals surface area contributed by atoms with Crippen LogP contribution in [-0.2, 0) is 0 Å². The van der Waals surface area contributed by atoms with E-state index in [4.69, 9.17) is 0 Å². The van der Waals surface area contributed by atoms with E-state index in [2.05, 4.69) is 33.0 Å². The maximum atomic E-state index is 9.54. The highest BCUT2D eigenvalue weighted by Crippen LogP contribution is 2.12. The molecule has 2 N–H and O–H groups in total. The summed E-state index contributed by atoms with van der Waals surface area (Å²) in [6.45, 7) is 12.2. The largest absolute Gasteiger partial charge is 0.390 e. The molecule has 0 bridgehead atoms. The summed E-state index contributed by atoms with van der Waals surface area (Å²) in [7, 11) is 0. The van der Waals surface area contributed by atoms with Crippen LogP contribution in [0.15, 0.2) is 0 Å². The zero-order chi connectivity index (χ0) is 9.99. The fourth-order valence-corrected chi connectivity index (χ4v) is 1.54. The molecule has 12 heavy (non-hydrogen) atoms. The van der Waals surface area contributed by atoms with Gasteiger partial charge in [-0.05, 0) is 48.0 Å². The van der Waals surface area contributed by atoms with Gasteiger partial charge in [-0.15, -0.1) is 0 Å². The minimum atomic E-state index is -0.572. The summed E-state index contributed by atoms with van der Waals surface area (Å²) < 4.78 is 0. The Morgan fingerprint density at radius 2 is 1.58 bits per heavy atom. The first-order valence-corrected chi connectivity index (χ1v) is 4.60. The first kappa shape index (κ1) is 11.9. The summed E-state index contributed by atoms with van der Waals surface area (Å²) >= 11 is 0. The van der Waals surface area contributed by atoms with Crippen molar-refractivity contribution in [1.29, 1.82) is 0 Å². The first-order valence-electron chi connectivity index (χ1n) is 4.60. The average molecular weight is 173 g/mol.